The summed E-state index contributed by atoms with van der Waals surface area (Å²) >= 11 is 0. The molecule has 116 valence electrons. The summed E-state index contributed by atoms with van der Waals surface area (Å²) in [5.74, 6) is -0.701. The molecule has 1 rings (SSSR count). The van der Waals surface area contributed by atoms with E-state index in [9.17, 15) is 19.7 Å². The van der Waals surface area contributed by atoms with Gasteiger partial charge in [-0.05, 0) is 20.3 Å². The van der Waals surface area contributed by atoms with Crippen molar-refractivity contribution >= 4 is 17.6 Å². The summed E-state index contributed by atoms with van der Waals surface area (Å²) in [5, 5.41) is 13.3. The van der Waals surface area contributed by atoms with Crippen LogP contribution in [0.5, 0.6) is 0 Å². The maximum Gasteiger partial charge on any atom is 0.305 e. The van der Waals surface area contributed by atoms with Gasteiger partial charge in [-0.2, -0.15) is 0 Å². The number of aromatic nitrogens is 1. The zero-order valence-corrected chi connectivity index (χ0v) is 12.1. The molecular weight excluding hydrogens is 278 g/mol. The van der Waals surface area contributed by atoms with Gasteiger partial charge in [-0.15, -0.1) is 0 Å². The Bertz CT molecular complexity index is 524. The van der Waals surface area contributed by atoms with E-state index in [-0.39, 0.29) is 23.8 Å². The van der Waals surface area contributed by atoms with Crippen LogP contribution in [0.1, 0.15) is 37.2 Å². The van der Waals surface area contributed by atoms with Crippen LogP contribution in [-0.2, 0) is 16.1 Å². The van der Waals surface area contributed by atoms with Gasteiger partial charge >= 0.3 is 5.97 Å². The first-order chi connectivity index (χ1) is 9.99. The second-order valence-electron chi connectivity index (χ2n) is 4.29. The zero-order chi connectivity index (χ0) is 15.8. The molecule has 0 aliphatic rings. The molecule has 0 radical (unpaired) electrons. The van der Waals surface area contributed by atoms with E-state index in [1.54, 1.807) is 13.8 Å². The van der Waals surface area contributed by atoms with Gasteiger partial charge in [0.2, 0.25) is 0 Å². The highest BCUT2D eigenvalue weighted by atomic mass is 16.6. The lowest BCUT2D eigenvalue weighted by molar-refractivity contribution is -0.384. The molecule has 0 bridgehead atoms. The third kappa shape index (κ3) is 4.90. The number of hydrogen-bond donors (Lipinski definition) is 1. The Morgan fingerprint density at radius 1 is 1.43 bits per heavy atom. The lowest BCUT2D eigenvalue weighted by atomic mass is 10.3. The lowest BCUT2D eigenvalue weighted by Crippen LogP contribution is -2.27. The SMILES string of the molecule is CCOC(=O)CCCNC(=O)c1cc([N+](=O)[O-])cn1CC. The van der Waals surface area contributed by atoms with Crippen molar-refractivity contribution in [2.24, 2.45) is 0 Å². The molecule has 21 heavy (non-hydrogen) atoms. The molecule has 0 saturated carbocycles. The van der Waals surface area contributed by atoms with E-state index < -0.39 is 10.8 Å². The van der Waals surface area contributed by atoms with Crippen LogP contribution in [0.15, 0.2) is 12.3 Å². The van der Waals surface area contributed by atoms with Gasteiger partial charge in [0.1, 0.15) is 5.69 Å². The summed E-state index contributed by atoms with van der Waals surface area (Å²) in [6, 6.07) is 1.24. The highest BCUT2D eigenvalue weighted by molar-refractivity contribution is 5.93. The minimum absolute atomic E-state index is 0.117. The summed E-state index contributed by atoms with van der Waals surface area (Å²) in [6.45, 7) is 4.62. The minimum atomic E-state index is -0.538. The second kappa shape index (κ2) is 8.03. The number of ether oxygens (including phenoxy) is 1. The Kier molecular flexibility index (Phi) is 6.38. The molecule has 1 aromatic rings. The first-order valence-corrected chi connectivity index (χ1v) is 6.78. The number of nitro groups is 1. The van der Waals surface area contributed by atoms with Gasteiger partial charge in [-0.1, -0.05) is 0 Å². The number of nitrogens with one attached hydrogen (secondary N) is 1. The molecule has 1 aromatic heterocycles. The van der Waals surface area contributed by atoms with Crippen molar-refractivity contribution < 1.29 is 19.2 Å². The molecule has 0 fully saturated rings. The van der Waals surface area contributed by atoms with Crippen molar-refractivity contribution in [1.82, 2.24) is 9.88 Å². The number of carbonyl (C=O) groups excluding carboxylic acids is 2. The maximum atomic E-state index is 12.0. The number of hydrogen-bond acceptors (Lipinski definition) is 5. The van der Waals surface area contributed by atoms with Crippen LogP contribution in [0.25, 0.3) is 0 Å². The number of aryl methyl sites for hydroxylation is 1. The normalized spacial score (nSPS) is 10.2. The van der Waals surface area contributed by atoms with Gasteiger partial charge in [-0.3, -0.25) is 19.7 Å². The average molecular weight is 297 g/mol. The lowest BCUT2D eigenvalue weighted by Gasteiger charge is -2.07. The van der Waals surface area contributed by atoms with Crippen molar-refractivity contribution in [3.63, 3.8) is 0 Å². The first kappa shape index (κ1) is 16.7. The predicted octanol–water partition coefficient (Wildman–Crippen LogP) is 1.49. The summed E-state index contributed by atoms with van der Waals surface area (Å²) in [4.78, 5) is 33.3. The third-order valence-corrected chi connectivity index (χ3v) is 2.81. The molecule has 1 heterocycles. The Hall–Kier alpha value is -2.38. The fourth-order valence-corrected chi connectivity index (χ4v) is 1.81. The summed E-state index contributed by atoms with van der Waals surface area (Å²) < 4.78 is 6.28. The van der Waals surface area contributed by atoms with Gasteiger partial charge in [0, 0.05) is 25.6 Å². The van der Waals surface area contributed by atoms with Gasteiger partial charge in [0.05, 0.1) is 17.7 Å². The average Bonchev–Trinajstić information content (AvgIpc) is 2.88. The highest BCUT2D eigenvalue weighted by Crippen LogP contribution is 2.16. The topological polar surface area (TPSA) is 103 Å². The number of carbonyl (C=O) groups is 2. The van der Waals surface area contributed by atoms with E-state index in [0.717, 1.165) is 0 Å². The van der Waals surface area contributed by atoms with E-state index in [1.165, 1.54) is 16.8 Å². The van der Waals surface area contributed by atoms with E-state index in [1.807, 2.05) is 0 Å². The fraction of sp³-hybridized carbons (Fsp3) is 0.538. The van der Waals surface area contributed by atoms with Crippen molar-refractivity contribution in [1.29, 1.82) is 0 Å². The minimum Gasteiger partial charge on any atom is -0.466 e. The number of rotatable bonds is 8. The molecular formula is C13H19N3O5. The smallest absolute Gasteiger partial charge is 0.305 e. The molecule has 0 spiro atoms. The van der Waals surface area contributed by atoms with E-state index in [2.05, 4.69) is 5.32 Å². The zero-order valence-electron chi connectivity index (χ0n) is 12.1. The van der Waals surface area contributed by atoms with Crippen LogP contribution in [0.2, 0.25) is 0 Å². The van der Waals surface area contributed by atoms with Gasteiger partial charge in [0.25, 0.3) is 11.6 Å². The molecule has 0 aliphatic heterocycles. The quantitative estimate of drug-likeness (QED) is 0.339. The number of amides is 1. The van der Waals surface area contributed by atoms with Crippen molar-refractivity contribution in [3.8, 4) is 0 Å². The molecule has 1 amide bonds. The third-order valence-electron chi connectivity index (χ3n) is 2.81. The van der Waals surface area contributed by atoms with Crippen molar-refractivity contribution in [2.45, 2.75) is 33.2 Å². The van der Waals surface area contributed by atoms with Gasteiger partial charge < -0.3 is 14.6 Å². The van der Waals surface area contributed by atoms with Crippen LogP contribution in [0.4, 0.5) is 5.69 Å². The molecule has 0 unspecified atom stereocenters. The summed E-state index contributed by atoms with van der Waals surface area (Å²) in [5.41, 5.74) is 0.119. The van der Waals surface area contributed by atoms with Crippen molar-refractivity contribution in [2.75, 3.05) is 13.2 Å². The van der Waals surface area contributed by atoms with E-state index in [4.69, 9.17) is 4.74 Å². The summed E-state index contributed by atoms with van der Waals surface area (Å²) in [6.07, 6.45) is 2.01. The standard InChI is InChI=1S/C13H19N3O5/c1-3-15-9-10(16(19)20)8-11(15)13(18)14-7-5-6-12(17)21-4-2/h8-9H,3-7H2,1-2H3,(H,14,18). The molecule has 0 saturated heterocycles. The monoisotopic (exact) mass is 297 g/mol. The number of nitrogens with zero attached hydrogens (tertiary/aromatic N) is 2. The molecule has 1 N–H and O–H groups in total. The Morgan fingerprint density at radius 2 is 2.14 bits per heavy atom. The van der Waals surface area contributed by atoms with Crippen LogP contribution < -0.4 is 5.32 Å². The molecule has 8 nitrogen and oxygen atoms in total. The fourth-order valence-electron chi connectivity index (χ4n) is 1.81. The number of esters is 1. The van der Waals surface area contributed by atoms with Crippen LogP contribution >= 0.6 is 0 Å². The van der Waals surface area contributed by atoms with Gasteiger partial charge in [-0.25, -0.2) is 0 Å². The Labute approximate surface area is 122 Å². The van der Waals surface area contributed by atoms with Crippen molar-refractivity contribution in [3.05, 3.63) is 28.1 Å². The van der Waals surface area contributed by atoms with Crippen LogP contribution in [0, 0.1) is 10.1 Å². The van der Waals surface area contributed by atoms with E-state index in [0.29, 0.717) is 26.1 Å². The second-order valence-corrected chi connectivity index (χ2v) is 4.29. The highest BCUT2D eigenvalue weighted by Gasteiger charge is 2.18. The van der Waals surface area contributed by atoms with Gasteiger partial charge in [0.15, 0.2) is 0 Å². The molecule has 0 aliphatic carbocycles. The van der Waals surface area contributed by atoms with Crippen LogP contribution in [0.3, 0.4) is 0 Å². The maximum absolute atomic E-state index is 12.0. The predicted molar refractivity (Wildman–Crippen MR) is 75.0 cm³/mol. The first-order valence-electron chi connectivity index (χ1n) is 6.78. The molecule has 8 heteroatoms. The molecule has 0 atom stereocenters. The van der Waals surface area contributed by atoms with E-state index >= 15 is 0 Å². The van der Waals surface area contributed by atoms with Crippen LogP contribution in [-0.4, -0.2) is 34.5 Å². The molecule has 0 aromatic carbocycles. The Balaban J connectivity index is 2.52. The largest absolute Gasteiger partial charge is 0.466 e. The summed E-state index contributed by atoms with van der Waals surface area (Å²) in [7, 11) is 0. The Morgan fingerprint density at radius 3 is 2.71 bits per heavy atom.